The molecule has 0 aliphatic rings. The first-order chi connectivity index (χ1) is 15.1. The van der Waals surface area contributed by atoms with Gasteiger partial charge in [0.25, 0.3) is 0 Å². The molecule has 174 valence electrons. The maximum Gasteiger partial charge on any atom is 0.0737 e. The van der Waals surface area contributed by atoms with Gasteiger partial charge in [0.15, 0.2) is 0 Å². The molecule has 4 nitrogen and oxygen atoms in total. The van der Waals surface area contributed by atoms with Gasteiger partial charge < -0.3 is 15.1 Å². The lowest BCUT2D eigenvalue weighted by atomic mass is 10.0. The third-order valence-corrected chi connectivity index (χ3v) is 6.64. The predicted octanol–water partition coefficient (Wildman–Crippen LogP) is 6.69. The summed E-state index contributed by atoms with van der Waals surface area (Å²) in [6.07, 6.45) is 9.38. The molecule has 2 rings (SSSR count). The lowest BCUT2D eigenvalue weighted by Gasteiger charge is -2.23. The summed E-state index contributed by atoms with van der Waals surface area (Å²) in [6, 6.07) is 8.60. The molecule has 1 N–H and O–H groups in total. The van der Waals surface area contributed by atoms with Crippen LogP contribution in [0.2, 0.25) is 5.02 Å². The van der Waals surface area contributed by atoms with E-state index in [1.54, 1.807) is 0 Å². The summed E-state index contributed by atoms with van der Waals surface area (Å²) < 4.78 is 0. The normalized spacial score (nSPS) is 11.9. The maximum atomic E-state index is 6.18. The van der Waals surface area contributed by atoms with Crippen LogP contribution in [0.5, 0.6) is 0 Å². The Morgan fingerprint density at radius 3 is 1.97 bits per heavy atom. The zero-order valence-corrected chi connectivity index (χ0v) is 20.9. The zero-order valence-electron chi connectivity index (χ0n) is 20.2. The Balaban J connectivity index is 1.97. The molecule has 0 unspecified atom stereocenters. The highest BCUT2D eigenvalue weighted by Crippen LogP contribution is 2.26. The fourth-order valence-corrected chi connectivity index (χ4v) is 4.45. The maximum absolute atomic E-state index is 6.18. The summed E-state index contributed by atoms with van der Waals surface area (Å²) in [7, 11) is 0. The van der Waals surface area contributed by atoms with Crippen LogP contribution in [0, 0.1) is 0 Å². The number of anilines is 1. The number of unbranched alkanes of at least 4 members (excludes halogenated alkanes) is 2. The van der Waals surface area contributed by atoms with Crippen LogP contribution >= 0.6 is 11.6 Å². The molecule has 0 atom stereocenters. The monoisotopic (exact) mass is 446 g/mol. The molecule has 0 saturated heterocycles. The Bertz CT molecular complexity index is 723. The Hall–Kier alpha value is -1.36. The number of rotatable bonds is 16. The van der Waals surface area contributed by atoms with E-state index in [2.05, 4.69) is 59.9 Å². The third kappa shape index (κ3) is 8.96. The van der Waals surface area contributed by atoms with Crippen LogP contribution in [-0.4, -0.2) is 60.1 Å². The number of halogens is 1. The van der Waals surface area contributed by atoms with E-state index in [1.165, 1.54) is 57.3 Å². The molecular formula is C26H43ClN4. The van der Waals surface area contributed by atoms with Crippen molar-refractivity contribution in [2.75, 3.05) is 44.6 Å². The largest absolute Gasteiger partial charge is 0.382 e. The molecule has 0 amide bonds. The van der Waals surface area contributed by atoms with Crippen LogP contribution in [-0.2, 0) is 0 Å². The van der Waals surface area contributed by atoms with Crippen molar-refractivity contribution in [3.05, 3.63) is 35.5 Å². The van der Waals surface area contributed by atoms with Gasteiger partial charge in [0.2, 0.25) is 0 Å². The summed E-state index contributed by atoms with van der Waals surface area (Å²) in [5.41, 5.74) is 2.14. The Morgan fingerprint density at radius 1 is 0.839 bits per heavy atom. The SMILES string of the molecule is CCN(CC)CCCCC(CCCCN(CC)CC)Nc1ccnc2cc(Cl)ccc12. The summed E-state index contributed by atoms with van der Waals surface area (Å²) in [5, 5.41) is 5.76. The van der Waals surface area contributed by atoms with Crippen LogP contribution < -0.4 is 5.32 Å². The quantitative estimate of drug-likeness (QED) is 0.291. The molecule has 2 aromatic rings. The van der Waals surface area contributed by atoms with E-state index in [9.17, 15) is 0 Å². The highest BCUT2D eigenvalue weighted by Gasteiger charge is 2.12. The van der Waals surface area contributed by atoms with Crippen molar-refractivity contribution in [3.63, 3.8) is 0 Å². The van der Waals surface area contributed by atoms with Crippen LogP contribution in [0.15, 0.2) is 30.5 Å². The van der Waals surface area contributed by atoms with Crippen molar-refractivity contribution in [1.82, 2.24) is 14.8 Å². The molecule has 5 heteroatoms. The average Bonchev–Trinajstić information content (AvgIpc) is 2.79. The molecule has 0 fully saturated rings. The first kappa shape index (κ1) is 25.9. The molecule has 0 aliphatic carbocycles. The van der Waals surface area contributed by atoms with Crippen LogP contribution in [0.1, 0.15) is 66.2 Å². The fourth-order valence-electron chi connectivity index (χ4n) is 4.29. The number of hydrogen-bond acceptors (Lipinski definition) is 4. The number of nitrogens with one attached hydrogen (secondary N) is 1. The first-order valence-corrected chi connectivity index (χ1v) is 12.7. The van der Waals surface area contributed by atoms with Gasteiger partial charge in [-0.1, -0.05) is 52.1 Å². The van der Waals surface area contributed by atoms with Gasteiger partial charge in [-0.2, -0.15) is 0 Å². The number of aromatic nitrogens is 1. The molecule has 0 bridgehead atoms. The Morgan fingerprint density at radius 2 is 1.42 bits per heavy atom. The van der Waals surface area contributed by atoms with Gasteiger partial charge in [0, 0.05) is 28.3 Å². The molecule has 31 heavy (non-hydrogen) atoms. The van der Waals surface area contributed by atoms with E-state index < -0.39 is 0 Å². The van der Waals surface area contributed by atoms with Gasteiger partial charge in [-0.25, -0.2) is 0 Å². The minimum Gasteiger partial charge on any atom is -0.382 e. The molecular weight excluding hydrogens is 404 g/mol. The molecule has 0 radical (unpaired) electrons. The number of fused-ring (bicyclic) bond motifs is 1. The predicted molar refractivity (Wildman–Crippen MR) is 137 cm³/mol. The molecule has 1 heterocycles. The van der Waals surface area contributed by atoms with E-state index in [0.717, 1.165) is 42.1 Å². The topological polar surface area (TPSA) is 31.4 Å². The smallest absolute Gasteiger partial charge is 0.0737 e. The van der Waals surface area contributed by atoms with E-state index in [1.807, 2.05) is 18.3 Å². The average molecular weight is 447 g/mol. The van der Waals surface area contributed by atoms with E-state index in [-0.39, 0.29) is 0 Å². The zero-order chi connectivity index (χ0) is 22.5. The summed E-state index contributed by atoms with van der Waals surface area (Å²) in [4.78, 5) is 9.54. The van der Waals surface area contributed by atoms with Crippen molar-refractivity contribution in [2.45, 2.75) is 72.3 Å². The minimum absolute atomic E-state index is 0.495. The molecule has 1 aromatic heterocycles. The highest BCUT2D eigenvalue weighted by molar-refractivity contribution is 6.31. The second kappa shape index (κ2) is 14.7. The van der Waals surface area contributed by atoms with Gasteiger partial charge in [0.1, 0.15) is 0 Å². The Kier molecular flexibility index (Phi) is 12.2. The summed E-state index contributed by atoms with van der Waals surface area (Å²) in [6.45, 7) is 16.0. The second-order valence-electron chi connectivity index (χ2n) is 8.41. The van der Waals surface area contributed by atoms with Crippen molar-refractivity contribution in [3.8, 4) is 0 Å². The summed E-state index contributed by atoms with van der Waals surface area (Å²) >= 11 is 6.18. The van der Waals surface area contributed by atoms with Gasteiger partial charge in [-0.15, -0.1) is 0 Å². The third-order valence-electron chi connectivity index (χ3n) is 6.41. The van der Waals surface area contributed by atoms with Gasteiger partial charge in [0.05, 0.1) is 5.52 Å². The first-order valence-electron chi connectivity index (χ1n) is 12.4. The lowest BCUT2D eigenvalue weighted by Crippen LogP contribution is -2.26. The van der Waals surface area contributed by atoms with E-state index in [0.29, 0.717) is 6.04 Å². The molecule has 0 spiro atoms. The fraction of sp³-hybridized carbons (Fsp3) is 0.654. The number of hydrogen-bond donors (Lipinski definition) is 1. The van der Waals surface area contributed by atoms with Crippen LogP contribution in [0.25, 0.3) is 10.9 Å². The minimum atomic E-state index is 0.495. The molecule has 1 aromatic carbocycles. The van der Waals surface area contributed by atoms with Crippen LogP contribution in [0.4, 0.5) is 5.69 Å². The second-order valence-corrected chi connectivity index (χ2v) is 8.84. The number of pyridine rings is 1. The van der Waals surface area contributed by atoms with E-state index >= 15 is 0 Å². The van der Waals surface area contributed by atoms with Crippen molar-refractivity contribution in [2.24, 2.45) is 0 Å². The van der Waals surface area contributed by atoms with Gasteiger partial charge in [-0.3, -0.25) is 4.98 Å². The lowest BCUT2D eigenvalue weighted by molar-refractivity contribution is 0.290. The summed E-state index contributed by atoms with van der Waals surface area (Å²) in [5.74, 6) is 0. The Labute approximate surface area is 195 Å². The van der Waals surface area contributed by atoms with Gasteiger partial charge in [-0.05, 0) is 89.2 Å². The van der Waals surface area contributed by atoms with Crippen molar-refractivity contribution >= 4 is 28.2 Å². The van der Waals surface area contributed by atoms with E-state index in [4.69, 9.17) is 11.6 Å². The standard InChI is InChI=1S/C26H43ClN4/c1-5-30(6-2)19-11-9-13-23(14-10-12-20-31(7-3)8-4)29-25-17-18-28-26-21-22(27)15-16-24(25)26/h15-18,21,23H,5-14,19-20H2,1-4H3,(H,28,29). The van der Waals surface area contributed by atoms with Crippen molar-refractivity contribution in [1.29, 1.82) is 0 Å². The molecule has 0 saturated carbocycles. The highest BCUT2D eigenvalue weighted by atomic mass is 35.5. The number of benzene rings is 1. The van der Waals surface area contributed by atoms with Gasteiger partial charge >= 0.3 is 0 Å². The number of nitrogens with zero attached hydrogens (tertiary/aromatic N) is 3. The molecule has 0 aliphatic heterocycles. The van der Waals surface area contributed by atoms with Crippen LogP contribution in [0.3, 0.4) is 0 Å². The van der Waals surface area contributed by atoms with Crippen molar-refractivity contribution < 1.29 is 0 Å².